The predicted octanol–water partition coefficient (Wildman–Crippen LogP) is 19.2. The highest BCUT2D eigenvalue weighted by Gasteiger charge is 2.32. The molecule has 0 fully saturated rings. The Labute approximate surface area is 494 Å². The Morgan fingerprint density at radius 2 is 0.597 bits per heavy atom. The first-order valence-electron chi connectivity index (χ1n) is 32.0. The number of rotatable bonds is 48. The normalized spacial score (nSPS) is 12.1. The van der Waals surface area contributed by atoms with Gasteiger partial charge in [0.1, 0.15) is 17.2 Å². The zero-order chi connectivity index (χ0) is 55.3. The molecule has 3 aromatic rings. The summed E-state index contributed by atoms with van der Waals surface area (Å²) in [5, 5.41) is 1.26. The molecular weight excluding hydrogens is 1030 g/mol. The van der Waals surface area contributed by atoms with Crippen LogP contribution in [-0.2, 0) is 30.2 Å². The number of unbranched alkanes of at least 4 members (excludes halogenated alkanes) is 15. The highest BCUT2D eigenvalue weighted by Crippen LogP contribution is 2.40. The molecule has 0 atom stereocenters. The van der Waals surface area contributed by atoms with E-state index in [4.69, 9.17) is 14.2 Å². The van der Waals surface area contributed by atoms with Gasteiger partial charge in [0, 0.05) is 46.8 Å². The lowest BCUT2D eigenvalue weighted by atomic mass is 10.0. The molecular formula is C69H117ClO3SSi3. The Hall–Kier alpha value is -1.65. The van der Waals surface area contributed by atoms with E-state index in [1.54, 1.807) is 0 Å². The molecule has 436 valence electrons. The molecule has 0 bridgehead atoms. The van der Waals surface area contributed by atoms with Crippen LogP contribution < -0.4 is 26.6 Å². The Balaban J connectivity index is 0.0000203. The standard InChI is InChI=1S/C69H117O3SSi3.ClH/c1-13-19-25-28-31-46-67(7,8)74-52-34-37-58-55-61(40-43-64(58)70-49-22-16-4)73(62-41-44-65(71-50-23-17-5)59(56-62)38-35-53-75-68(9,10)47-32-29-26-20-14-2)63-42-45-66(72-51-24-18-6)60(57-63)39-36-54-76-69(11,12)48-33-30-27-21-15-3;/h40-45,55-57H,13-39,46-54H2,1-12H3;1H/q+1;/p-1. The molecule has 0 unspecified atom stereocenters. The number of aryl methyl sites for hydroxylation is 3. The smallest absolute Gasteiger partial charge is 0.167 e. The topological polar surface area (TPSA) is 27.7 Å². The van der Waals surface area contributed by atoms with Crippen LogP contribution in [0.3, 0.4) is 0 Å². The average molecular weight is 1150 g/mol. The van der Waals surface area contributed by atoms with E-state index in [9.17, 15) is 0 Å². The lowest BCUT2D eigenvalue weighted by Crippen LogP contribution is -3.00. The maximum atomic E-state index is 6.68. The quantitative estimate of drug-likeness (QED) is 0.0320. The predicted molar refractivity (Wildman–Crippen MR) is 342 cm³/mol. The van der Waals surface area contributed by atoms with Gasteiger partial charge in [-0.15, -0.1) is 0 Å². The number of benzene rings is 3. The van der Waals surface area contributed by atoms with Gasteiger partial charge in [-0.05, 0) is 107 Å². The fourth-order valence-corrected chi connectivity index (χ4v) is 16.7. The average Bonchev–Trinajstić information content (AvgIpc) is 3.39. The second-order valence-corrected chi connectivity index (χ2v) is 33.1. The lowest BCUT2D eigenvalue weighted by molar-refractivity contribution is -0.0000182. The van der Waals surface area contributed by atoms with Crippen molar-refractivity contribution in [3.63, 3.8) is 0 Å². The summed E-state index contributed by atoms with van der Waals surface area (Å²) < 4.78 is 20.0. The fraction of sp³-hybridized carbons (Fsp3) is 0.739. The van der Waals surface area contributed by atoms with E-state index >= 15 is 0 Å². The zero-order valence-corrected chi connectivity index (χ0v) is 56.7. The van der Waals surface area contributed by atoms with Crippen molar-refractivity contribution in [2.24, 2.45) is 0 Å². The van der Waals surface area contributed by atoms with Crippen LogP contribution in [-0.4, -0.2) is 48.4 Å². The van der Waals surface area contributed by atoms with Crippen LogP contribution in [0.25, 0.3) is 0 Å². The van der Waals surface area contributed by atoms with Crippen LogP contribution in [0.4, 0.5) is 0 Å². The van der Waals surface area contributed by atoms with Gasteiger partial charge in [-0.25, -0.2) is 0 Å². The van der Waals surface area contributed by atoms with Gasteiger partial charge in [0.15, 0.2) is 14.7 Å². The SMILES string of the molecule is CCCCCCCC(C)(C)[Si]CCCc1cc([S+](c2ccc(OCCCC)c(CCC[Si]C(C)(C)CCCCCCC)c2)c2ccc(OCCCC)c(CCC[Si]C(C)(C)CCCCCCC)c2)ccc1OCCCC.[Cl-]. The van der Waals surface area contributed by atoms with Crippen LogP contribution in [0, 0.1) is 0 Å². The zero-order valence-electron chi connectivity index (χ0n) is 52.2. The van der Waals surface area contributed by atoms with E-state index in [0.29, 0.717) is 15.1 Å². The molecule has 0 N–H and O–H groups in total. The van der Waals surface area contributed by atoms with Crippen LogP contribution in [0.5, 0.6) is 17.2 Å². The molecule has 77 heavy (non-hydrogen) atoms. The number of hydrogen-bond donors (Lipinski definition) is 0. The Bertz CT molecular complexity index is 1720. The minimum absolute atomic E-state index is 0. The molecule has 0 heterocycles. The summed E-state index contributed by atoms with van der Waals surface area (Å²) in [6, 6.07) is 25.8. The van der Waals surface area contributed by atoms with Gasteiger partial charge in [0.05, 0.1) is 30.7 Å². The number of hydrogen-bond acceptors (Lipinski definition) is 3. The first-order chi connectivity index (χ1) is 36.7. The first kappa shape index (κ1) is 71.5. The van der Waals surface area contributed by atoms with Gasteiger partial charge >= 0.3 is 0 Å². The summed E-state index contributed by atoms with van der Waals surface area (Å²) in [5.74, 6) is 3.28. The molecule has 0 aromatic heterocycles. The van der Waals surface area contributed by atoms with Crippen molar-refractivity contribution in [1.29, 1.82) is 0 Å². The molecule has 0 aliphatic carbocycles. The lowest BCUT2D eigenvalue weighted by Gasteiger charge is -2.24. The van der Waals surface area contributed by atoms with Crippen LogP contribution >= 0.6 is 0 Å². The minimum atomic E-state index is -0.338. The Kier molecular flexibility index (Phi) is 39.2. The second kappa shape index (κ2) is 42.2. The third kappa shape index (κ3) is 30.8. The second-order valence-electron chi connectivity index (χ2n) is 24.5. The largest absolute Gasteiger partial charge is 1.00 e. The minimum Gasteiger partial charge on any atom is -1.00 e. The summed E-state index contributed by atoms with van der Waals surface area (Å²) in [6.07, 6.45) is 38.0. The van der Waals surface area contributed by atoms with E-state index in [1.807, 2.05) is 0 Å². The summed E-state index contributed by atoms with van der Waals surface area (Å²) >= 11 is 0. The maximum Gasteiger partial charge on any atom is 0.167 e. The molecule has 0 saturated heterocycles. The number of ether oxygens (including phenoxy) is 3. The summed E-state index contributed by atoms with van der Waals surface area (Å²) in [5.41, 5.74) is 4.15. The van der Waals surface area contributed by atoms with Crippen molar-refractivity contribution >= 4 is 39.5 Å². The summed E-state index contributed by atoms with van der Waals surface area (Å²) in [4.78, 5) is 4.19. The van der Waals surface area contributed by atoms with Crippen molar-refractivity contribution < 1.29 is 26.6 Å². The molecule has 3 rings (SSSR count). The third-order valence-electron chi connectivity index (χ3n) is 15.5. The van der Waals surface area contributed by atoms with Crippen molar-refractivity contribution in [3.05, 3.63) is 71.3 Å². The molecule has 8 heteroatoms. The van der Waals surface area contributed by atoms with Gasteiger partial charge < -0.3 is 26.6 Å². The molecule has 0 spiro atoms. The van der Waals surface area contributed by atoms with Gasteiger partial charge in [-0.1, -0.05) is 255 Å². The molecule has 0 aliphatic rings. The van der Waals surface area contributed by atoms with E-state index in [1.165, 1.54) is 184 Å². The highest BCUT2D eigenvalue weighted by molar-refractivity contribution is 7.97. The van der Waals surface area contributed by atoms with E-state index in [0.717, 1.165) is 123 Å². The van der Waals surface area contributed by atoms with Gasteiger partial charge in [0.2, 0.25) is 0 Å². The van der Waals surface area contributed by atoms with Gasteiger partial charge in [0.25, 0.3) is 0 Å². The van der Waals surface area contributed by atoms with Crippen molar-refractivity contribution in [2.45, 2.75) is 324 Å². The van der Waals surface area contributed by atoms with E-state index < -0.39 is 0 Å². The molecule has 0 aliphatic heterocycles. The Morgan fingerprint density at radius 3 is 0.857 bits per heavy atom. The number of halogens is 1. The van der Waals surface area contributed by atoms with Crippen molar-refractivity contribution in [3.8, 4) is 17.2 Å². The van der Waals surface area contributed by atoms with Gasteiger partial charge in [-0.2, -0.15) is 0 Å². The van der Waals surface area contributed by atoms with Crippen LogP contribution in [0.2, 0.25) is 33.2 Å². The molecule has 3 nitrogen and oxygen atoms in total. The van der Waals surface area contributed by atoms with Crippen molar-refractivity contribution in [2.75, 3.05) is 19.8 Å². The van der Waals surface area contributed by atoms with E-state index in [2.05, 4.69) is 138 Å². The van der Waals surface area contributed by atoms with E-state index in [-0.39, 0.29) is 23.3 Å². The van der Waals surface area contributed by atoms with Crippen LogP contribution in [0.15, 0.2) is 69.3 Å². The Morgan fingerprint density at radius 1 is 0.338 bits per heavy atom. The molecule has 0 amide bonds. The molecule has 3 aromatic carbocycles. The van der Waals surface area contributed by atoms with Crippen LogP contribution in [0.1, 0.15) is 273 Å². The fourth-order valence-electron chi connectivity index (χ4n) is 10.3. The van der Waals surface area contributed by atoms with Crippen molar-refractivity contribution in [1.82, 2.24) is 0 Å². The maximum absolute atomic E-state index is 6.68. The molecule has 0 saturated carbocycles. The summed E-state index contributed by atoms with van der Waals surface area (Å²) in [6.45, 7) is 31.2. The molecule has 6 radical (unpaired) electrons. The monoisotopic (exact) mass is 1140 g/mol. The first-order valence-corrected chi connectivity index (χ1v) is 36.8. The third-order valence-corrected chi connectivity index (χ3v) is 23.1. The van der Waals surface area contributed by atoms with Gasteiger partial charge in [-0.3, -0.25) is 0 Å². The highest BCUT2D eigenvalue weighted by atomic mass is 35.5. The summed E-state index contributed by atoms with van der Waals surface area (Å²) in [7, 11) is 2.63.